The molecular weight excluding hydrogens is 342 g/mol. The van der Waals surface area contributed by atoms with Crippen molar-refractivity contribution < 1.29 is 9.90 Å². The molecule has 1 aliphatic rings. The minimum Gasteiger partial charge on any atom is -0.507 e. The van der Waals surface area contributed by atoms with Crippen molar-refractivity contribution in [3.05, 3.63) is 30.3 Å². The molecule has 0 aliphatic carbocycles. The minimum absolute atomic E-state index is 0.157. The average Bonchev–Trinajstić information content (AvgIpc) is 2.69. The fraction of sp³-hybridized carbons (Fsp3) is 0.450. The van der Waals surface area contributed by atoms with E-state index in [1.165, 1.54) is 0 Å². The first-order valence-electron chi connectivity index (χ1n) is 9.54. The lowest BCUT2D eigenvalue weighted by atomic mass is 10.1. The molecule has 27 heavy (non-hydrogen) atoms. The summed E-state index contributed by atoms with van der Waals surface area (Å²) in [5.41, 5.74) is 8.05. The van der Waals surface area contributed by atoms with Crippen LogP contribution in [0.15, 0.2) is 30.3 Å². The molecule has 3 N–H and O–H groups in total. The van der Waals surface area contributed by atoms with E-state index in [2.05, 4.69) is 22.0 Å². The van der Waals surface area contributed by atoms with Gasteiger partial charge in [0.15, 0.2) is 5.82 Å². The Morgan fingerprint density at radius 1 is 1.15 bits per heavy atom. The van der Waals surface area contributed by atoms with Gasteiger partial charge < -0.3 is 20.6 Å². The lowest BCUT2D eigenvalue weighted by molar-refractivity contribution is -0.131. The second kappa shape index (κ2) is 8.70. The first-order valence-corrected chi connectivity index (χ1v) is 9.54. The maximum Gasteiger partial charge on any atom is 0.222 e. The van der Waals surface area contributed by atoms with E-state index in [4.69, 9.17) is 5.73 Å². The quantitative estimate of drug-likeness (QED) is 0.760. The number of nitrogens with zero attached hydrogens (tertiary/aromatic N) is 4. The summed E-state index contributed by atoms with van der Waals surface area (Å²) in [7, 11) is 0. The maximum absolute atomic E-state index is 12.3. The second-order valence-electron chi connectivity index (χ2n) is 6.84. The molecule has 0 bridgehead atoms. The van der Waals surface area contributed by atoms with Crippen molar-refractivity contribution in [2.45, 2.75) is 32.6 Å². The molecule has 2 aromatic rings. The first-order chi connectivity index (χ1) is 13.1. The molecule has 3 rings (SSSR count). The van der Waals surface area contributed by atoms with E-state index in [1.54, 1.807) is 18.2 Å². The number of para-hydroxylation sites is 1. The standard InChI is InChI=1S/C20H27N5O2/c1-2-3-4-9-19(27)25-12-10-24(11-13-25)17-14-16(22-23-20(17)21)15-7-5-6-8-18(15)26/h5-8,14,26H,2-4,9-13H2,1H3,(H2,21,23). The van der Waals surface area contributed by atoms with Crippen LogP contribution in [0.5, 0.6) is 5.75 Å². The number of hydrogen-bond acceptors (Lipinski definition) is 6. The number of nitrogen functional groups attached to an aromatic ring is 1. The van der Waals surface area contributed by atoms with Crippen molar-refractivity contribution in [1.82, 2.24) is 15.1 Å². The van der Waals surface area contributed by atoms with Crippen LogP contribution in [0.25, 0.3) is 11.3 Å². The van der Waals surface area contributed by atoms with E-state index >= 15 is 0 Å². The molecule has 1 saturated heterocycles. The number of aromatic nitrogens is 2. The van der Waals surface area contributed by atoms with Gasteiger partial charge in [-0.25, -0.2) is 0 Å². The number of aromatic hydroxyl groups is 1. The van der Waals surface area contributed by atoms with E-state index in [9.17, 15) is 9.90 Å². The molecule has 144 valence electrons. The molecule has 1 amide bonds. The van der Waals surface area contributed by atoms with Crippen molar-refractivity contribution in [3.8, 4) is 17.0 Å². The Labute approximate surface area is 159 Å². The molecule has 1 aromatic carbocycles. The third-order valence-corrected chi connectivity index (χ3v) is 4.95. The summed E-state index contributed by atoms with van der Waals surface area (Å²) in [5.74, 6) is 0.751. The molecule has 1 aliphatic heterocycles. The number of phenolic OH excluding ortho intramolecular Hbond substituents is 1. The summed E-state index contributed by atoms with van der Waals surface area (Å²) >= 11 is 0. The molecule has 2 heterocycles. The molecule has 1 aromatic heterocycles. The van der Waals surface area contributed by atoms with Gasteiger partial charge >= 0.3 is 0 Å². The van der Waals surface area contributed by atoms with Gasteiger partial charge in [-0.3, -0.25) is 4.79 Å². The van der Waals surface area contributed by atoms with Crippen molar-refractivity contribution in [2.24, 2.45) is 0 Å². The third kappa shape index (κ3) is 4.48. The predicted octanol–water partition coefficient (Wildman–Crippen LogP) is 2.66. The normalized spacial score (nSPS) is 14.4. The topological polar surface area (TPSA) is 95.6 Å². The molecule has 0 saturated carbocycles. The van der Waals surface area contributed by atoms with E-state index in [-0.39, 0.29) is 11.7 Å². The Kier molecular flexibility index (Phi) is 6.11. The number of unbranched alkanes of at least 4 members (excludes halogenated alkanes) is 2. The number of amides is 1. The van der Waals surface area contributed by atoms with Crippen molar-refractivity contribution >= 4 is 17.4 Å². The highest BCUT2D eigenvalue weighted by molar-refractivity contribution is 5.77. The van der Waals surface area contributed by atoms with Gasteiger partial charge in [-0.05, 0) is 24.6 Å². The van der Waals surface area contributed by atoms with Gasteiger partial charge in [0, 0.05) is 38.2 Å². The summed E-state index contributed by atoms with van der Waals surface area (Å²) in [4.78, 5) is 16.4. The van der Waals surface area contributed by atoms with Crippen LogP contribution >= 0.6 is 0 Å². The van der Waals surface area contributed by atoms with E-state index < -0.39 is 0 Å². The van der Waals surface area contributed by atoms with Crippen molar-refractivity contribution in [3.63, 3.8) is 0 Å². The van der Waals surface area contributed by atoms with Crippen LogP contribution in [-0.4, -0.2) is 52.3 Å². The van der Waals surface area contributed by atoms with Crippen molar-refractivity contribution in [1.29, 1.82) is 0 Å². The average molecular weight is 369 g/mol. The zero-order valence-electron chi connectivity index (χ0n) is 15.8. The van der Waals surface area contributed by atoms with E-state index in [0.717, 1.165) is 24.9 Å². The predicted molar refractivity (Wildman–Crippen MR) is 106 cm³/mol. The summed E-state index contributed by atoms with van der Waals surface area (Å²) in [6.07, 6.45) is 3.81. The van der Waals surface area contributed by atoms with Gasteiger partial charge in [0.1, 0.15) is 5.75 Å². The minimum atomic E-state index is 0.157. The Balaban J connectivity index is 1.68. The summed E-state index contributed by atoms with van der Waals surface area (Å²) < 4.78 is 0. The smallest absolute Gasteiger partial charge is 0.222 e. The zero-order chi connectivity index (χ0) is 19.2. The van der Waals surface area contributed by atoms with Crippen LogP contribution in [-0.2, 0) is 4.79 Å². The zero-order valence-corrected chi connectivity index (χ0v) is 15.8. The summed E-state index contributed by atoms with van der Waals surface area (Å²) in [5, 5.41) is 18.3. The first kappa shape index (κ1) is 18.9. The van der Waals surface area contributed by atoms with Crippen molar-refractivity contribution in [2.75, 3.05) is 36.8 Å². The Bertz CT molecular complexity index is 788. The van der Waals surface area contributed by atoms with Gasteiger partial charge in [-0.1, -0.05) is 31.9 Å². The van der Waals surface area contributed by atoms with Crippen LogP contribution < -0.4 is 10.6 Å². The van der Waals surface area contributed by atoms with Crippen LogP contribution in [0.1, 0.15) is 32.6 Å². The number of anilines is 2. The van der Waals surface area contributed by atoms with Crippen LogP contribution in [0.2, 0.25) is 0 Å². The number of rotatable bonds is 6. The van der Waals surface area contributed by atoms with Crippen LogP contribution in [0, 0.1) is 0 Å². The third-order valence-electron chi connectivity index (χ3n) is 4.95. The largest absolute Gasteiger partial charge is 0.507 e. The number of carbonyl (C=O) groups is 1. The summed E-state index contributed by atoms with van der Waals surface area (Å²) in [6.45, 7) is 4.91. The molecule has 7 nitrogen and oxygen atoms in total. The fourth-order valence-electron chi connectivity index (χ4n) is 3.35. The fourth-order valence-corrected chi connectivity index (χ4v) is 3.35. The number of phenols is 1. The lowest BCUT2D eigenvalue weighted by Crippen LogP contribution is -2.49. The Morgan fingerprint density at radius 2 is 1.89 bits per heavy atom. The lowest BCUT2D eigenvalue weighted by Gasteiger charge is -2.36. The van der Waals surface area contributed by atoms with Crippen LogP contribution in [0.4, 0.5) is 11.5 Å². The summed E-state index contributed by atoms with van der Waals surface area (Å²) in [6, 6.07) is 8.88. The van der Waals surface area contributed by atoms with Crippen LogP contribution in [0.3, 0.4) is 0 Å². The number of nitrogens with two attached hydrogens (primary N) is 1. The van der Waals surface area contributed by atoms with Gasteiger partial charge in [0.2, 0.25) is 5.91 Å². The van der Waals surface area contributed by atoms with E-state index in [0.29, 0.717) is 49.7 Å². The number of benzene rings is 1. The Hall–Kier alpha value is -2.83. The maximum atomic E-state index is 12.3. The SMILES string of the molecule is CCCCCC(=O)N1CCN(c2cc(-c3ccccc3O)nnc2N)CC1. The van der Waals surface area contributed by atoms with Gasteiger partial charge in [0.05, 0.1) is 11.4 Å². The highest BCUT2D eigenvalue weighted by Gasteiger charge is 2.23. The van der Waals surface area contributed by atoms with Gasteiger partial charge in [-0.2, -0.15) is 0 Å². The Morgan fingerprint density at radius 3 is 2.59 bits per heavy atom. The highest BCUT2D eigenvalue weighted by Crippen LogP contribution is 2.31. The van der Waals surface area contributed by atoms with Gasteiger partial charge in [-0.15, -0.1) is 10.2 Å². The molecular formula is C20H27N5O2. The molecule has 0 radical (unpaired) electrons. The van der Waals surface area contributed by atoms with E-state index in [1.807, 2.05) is 17.0 Å². The second-order valence-corrected chi connectivity index (χ2v) is 6.84. The molecule has 0 unspecified atom stereocenters. The molecule has 7 heteroatoms. The molecule has 0 atom stereocenters. The van der Waals surface area contributed by atoms with Gasteiger partial charge in [0.25, 0.3) is 0 Å². The monoisotopic (exact) mass is 369 g/mol. The number of carbonyl (C=O) groups excluding carboxylic acids is 1. The highest BCUT2D eigenvalue weighted by atomic mass is 16.3. The molecule has 0 spiro atoms. The molecule has 1 fully saturated rings. The number of hydrogen-bond donors (Lipinski definition) is 2. The number of piperazine rings is 1.